The SMILES string of the molecule is CC(O)C(=O)OOC(=O)C(O)COP1(=O)OC(O)(C(O)CO)O1. The van der Waals surface area contributed by atoms with Crippen molar-refractivity contribution in [2.24, 2.45) is 0 Å². The van der Waals surface area contributed by atoms with E-state index in [-0.39, 0.29) is 0 Å². The molecule has 1 heterocycles. The molecule has 14 heteroatoms. The number of carbonyl (C=O) groups excluding carboxylic acids is 2. The molecule has 0 spiro atoms. The van der Waals surface area contributed by atoms with Crippen LogP contribution in [0.2, 0.25) is 0 Å². The van der Waals surface area contributed by atoms with Crippen molar-refractivity contribution in [3.05, 3.63) is 0 Å². The number of aliphatic hydroxyl groups excluding tert-OH is 4. The van der Waals surface area contributed by atoms with Gasteiger partial charge >= 0.3 is 25.7 Å². The molecule has 13 nitrogen and oxygen atoms in total. The highest BCUT2D eigenvalue weighted by atomic mass is 31.2. The molecule has 0 aromatic heterocycles. The molecule has 0 aromatic carbocycles. The van der Waals surface area contributed by atoms with Crippen LogP contribution >= 0.6 is 7.82 Å². The minimum absolute atomic E-state index is 0.972. The number of aliphatic hydroxyl groups is 5. The summed E-state index contributed by atoms with van der Waals surface area (Å²) in [5.41, 5.74) is 0. The third kappa shape index (κ3) is 5.17. The number of phosphoric ester groups is 1. The zero-order valence-electron chi connectivity index (χ0n) is 11.6. The van der Waals surface area contributed by atoms with E-state index in [1.165, 1.54) is 0 Å². The minimum atomic E-state index is -4.37. The van der Waals surface area contributed by atoms with Crippen LogP contribution in [0.1, 0.15) is 6.92 Å². The van der Waals surface area contributed by atoms with Crippen molar-refractivity contribution < 1.29 is 63.0 Å². The van der Waals surface area contributed by atoms with Gasteiger partial charge in [0.25, 0.3) is 0 Å². The molecule has 0 amide bonds. The normalized spacial score (nSPS) is 30.7. The minimum Gasteiger partial charge on any atom is -0.393 e. The average Bonchev–Trinajstić information content (AvgIpc) is 2.47. The summed E-state index contributed by atoms with van der Waals surface area (Å²) in [6, 6.07) is 0. The van der Waals surface area contributed by atoms with Crippen LogP contribution in [0.25, 0.3) is 0 Å². The lowest BCUT2D eigenvalue weighted by molar-refractivity contribution is -0.387. The summed E-state index contributed by atoms with van der Waals surface area (Å²) in [5.74, 6) is -5.56. The van der Waals surface area contributed by atoms with Gasteiger partial charge in [-0.05, 0) is 6.92 Å². The van der Waals surface area contributed by atoms with Crippen LogP contribution in [-0.4, -0.2) is 75.0 Å². The monoisotopic (exact) mass is 362 g/mol. The van der Waals surface area contributed by atoms with Crippen LogP contribution in [0.5, 0.6) is 0 Å². The van der Waals surface area contributed by atoms with Gasteiger partial charge in [-0.2, -0.15) is 0 Å². The summed E-state index contributed by atoms with van der Waals surface area (Å²) < 4.78 is 24.6. The van der Waals surface area contributed by atoms with Crippen molar-refractivity contribution in [1.82, 2.24) is 0 Å². The van der Waals surface area contributed by atoms with Gasteiger partial charge in [0.15, 0.2) is 18.3 Å². The third-order valence-electron chi connectivity index (χ3n) is 2.29. The fraction of sp³-hybridized carbons (Fsp3) is 0.778. The molecule has 1 aliphatic heterocycles. The summed E-state index contributed by atoms with van der Waals surface area (Å²) in [6.07, 6.45) is -5.58. The van der Waals surface area contributed by atoms with Crippen LogP contribution in [0, 0.1) is 0 Å². The zero-order valence-corrected chi connectivity index (χ0v) is 12.5. The first-order valence-corrected chi connectivity index (χ1v) is 7.45. The summed E-state index contributed by atoms with van der Waals surface area (Å²) in [6.45, 7) is -0.942. The van der Waals surface area contributed by atoms with Crippen molar-refractivity contribution in [3.8, 4) is 0 Å². The van der Waals surface area contributed by atoms with Gasteiger partial charge in [0.1, 0.15) is 0 Å². The maximum atomic E-state index is 11.6. The molecule has 0 radical (unpaired) electrons. The van der Waals surface area contributed by atoms with Crippen LogP contribution in [0.15, 0.2) is 0 Å². The van der Waals surface area contributed by atoms with Gasteiger partial charge in [0, 0.05) is 0 Å². The fourth-order valence-electron chi connectivity index (χ4n) is 1.05. The summed E-state index contributed by atoms with van der Waals surface area (Å²) in [5, 5.41) is 45.1. The Morgan fingerprint density at radius 3 is 2.17 bits per heavy atom. The Hall–Kier alpha value is -1.15. The van der Waals surface area contributed by atoms with Gasteiger partial charge in [-0.1, -0.05) is 0 Å². The molecule has 23 heavy (non-hydrogen) atoms. The molecule has 1 fully saturated rings. The number of rotatable bonds is 7. The summed E-state index contributed by atoms with van der Waals surface area (Å²) in [7, 11) is -4.37. The Morgan fingerprint density at radius 2 is 1.70 bits per heavy atom. The predicted octanol–water partition coefficient (Wildman–Crippen LogP) is -3.10. The number of carbonyl (C=O) groups is 2. The Bertz CT molecular complexity index is 480. The first-order valence-electron chi connectivity index (χ1n) is 5.98. The van der Waals surface area contributed by atoms with E-state index in [4.69, 9.17) is 15.3 Å². The first-order chi connectivity index (χ1) is 10.5. The number of phosphoric acid groups is 1. The van der Waals surface area contributed by atoms with Crippen LogP contribution in [0.3, 0.4) is 0 Å². The van der Waals surface area contributed by atoms with E-state index in [0.717, 1.165) is 6.92 Å². The van der Waals surface area contributed by atoms with E-state index in [1.807, 2.05) is 0 Å². The number of hydrogen-bond donors (Lipinski definition) is 5. The molecular weight excluding hydrogens is 347 g/mol. The molecule has 1 aliphatic rings. The van der Waals surface area contributed by atoms with Crippen molar-refractivity contribution in [3.63, 3.8) is 0 Å². The van der Waals surface area contributed by atoms with E-state index < -0.39 is 57.3 Å². The standard InChI is InChI=1S/C9H15O13P/c1-4(11)7(14)19-20-8(15)5(12)3-18-23(17)21-9(16,22-23)6(13)2-10/h4-6,10-13,16H,2-3H2,1H3. The Labute approximate surface area is 128 Å². The Morgan fingerprint density at radius 1 is 1.17 bits per heavy atom. The van der Waals surface area contributed by atoms with Crippen molar-refractivity contribution in [2.75, 3.05) is 13.2 Å². The maximum absolute atomic E-state index is 11.6. The van der Waals surface area contributed by atoms with Crippen molar-refractivity contribution in [2.45, 2.75) is 31.2 Å². The van der Waals surface area contributed by atoms with E-state index >= 15 is 0 Å². The summed E-state index contributed by atoms with van der Waals surface area (Å²) >= 11 is 0. The Balaban J connectivity index is 2.37. The van der Waals surface area contributed by atoms with Gasteiger partial charge < -0.3 is 25.5 Å². The first kappa shape index (κ1) is 19.9. The van der Waals surface area contributed by atoms with E-state index in [1.54, 1.807) is 0 Å². The molecule has 0 bridgehead atoms. The molecule has 3 atom stereocenters. The lowest BCUT2D eigenvalue weighted by atomic mass is 10.3. The highest BCUT2D eigenvalue weighted by molar-refractivity contribution is 7.49. The maximum Gasteiger partial charge on any atom is 0.483 e. The lowest BCUT2D eigenvalue weighted by Gasteiger charge is -2.42. The molecule has 5 N–H and O–H groups in total. The molecule has 0 aromatic rings. The fourth-order valence-corrected chi connectivity index (χ4v) is 2.38. The molecular formula is C9H15O13P. The topological polar surface area (TPSA) is 199 Å². The van der Waals surface area contributed by atoms with E-state index in [9.17, 15) is 24.4 Å². The summed E-state index contributed by atoms with van der Waals surface area (Å²) in [4.78, 5) is 29.7. The number of hydrogen-bond acceptors (Lipinski definition) is 13. The molecule has 1 saturated heterocycles. The van der Waals surface area contributed by atoms with Crippen LogP contribution in [0.4, 0.5) is 0 Å². The van der Waals surface area contributed by atoms with Crippen molar-refractivity contribution >= 4 is 19.8 Å². The highest BCUT2D eigenvalue weighted by Gasteiger charge is 2.61. The van der Waals surface area contributed by atoms with Gasteiger partial charge in [-0.15, -0.1) is 0 Å². The van der Waals surface area contributed by atoms with Gasteiger partial charge in [0.2, 0.25) is 0 Å². The van der Waals surface area contributed by atoms with E-state index in [0.29, 0.717) is 0 Å². The second-order valence-electron chi connectivity index (χ2n) is 4.25. The smallest absolute Gasteiger partial charge is 0.393 e. The van der Waals surface area contributed by atoms with Gasteiger partial charge in [0.05, 0.1) is 13.2 Å². The zero-order chi connectivity index (χ0) is 17.8. The molecule has 134 valence electrons. The van der Waals surface area contributed by atoms with Crippen LogP contribution in [-0.2, 0) is 37.5 Å². The molecule has 0 saturated carbocycles. The highest BCUT2D eigenvalue weighted by Crippen LogP contribution is 2.65. The Kier molecular flexibility index (Phi) is 6.59. The second-order valence-corrected chi connectivity index (χ2v) is 5.77. The van der Waals surface area contributed by atoms with Gasteiger partial charge in [-0.3, -0.25) is 4.52 Å². The lowest BCUT2D eigenvalue weighted by Crippen LogP contribution is -2.54. The quantitative estimate of drug-likeness (QED) is 0.173. The predicted molar refractivity (Wildman–Crippen MR) is 63.6 cm³/mol. The molecule has 0 aliphatic carbocycles. The largest absolute Gasteiger partial charge is 0.483 e. The molecule has 3 unspecified atom stereocenters. The average molecular weight is 362 g/mol. The van der Waals surface area contributed by atoms with Crippen molar-refractivity contribution in [1.29, 1.82) is 0 Å². The second kappa shape index (κ2) is 7.61. The molecule has 1 rings (SSSR count). The van der Waals surface area contributed by atoms with Gasteiger partial charge in [-0.25, -0.2) is 33.0 Å². The third-order valence-corrected chi connectivity index (χ3v) is 3.72. The van der Waals surface area contributed by atoms with E-state index in [2.05, 4.69) is 23.3 Å². The van der Waals surface area contributed by atoms with Crippen LogP contribution < -0.4 is 0 Å².